The largest absolute Gasteiger partial charge is 0.497 e. The minimum atomic E-state index is -0.215. The number of methoxy groups -OCH3 is 1. The summed E-state index contributed by atoms with van der Waals surface area (Å²) < 4.78 is 5.12. The average Bonchev–Trinajstić information content (AvgIpc) is 2.49. The van der Waals surface area contributed by atoms with Crippen molar-refractivity contribution >= 4 is 11.7 Å². The van der Waals surface area contributed by atoms with Crippen LogP contribution in [0.5, 0.6) is 5.75 Å². The lowest BCUT2D eigenvalue weighted by atomic mass is 10.1. The van der Waals surface area contributed by atoms with Crippen molar-refractivity contribution in [1.29, 1.82) is 0 Å². The van der Waals surface area contributed by atoms with E-state index in [1.54, 1.807) is 7.11 Å². The van der Waals surface area contributed by atoms with E-state index in [4.69, 9.17) is 4.74 Å². The number of nitrogens with one attached hydrogen (secondary N) is 2. The highest BCUT2D eigenvalue weighted by Crippen LogP contribution is 2.18. The predicted molar refractivity (Wildman–Crippen MR) is 84.7 cm³/mol. The maximum atomic E-state index is 12.0. The molecule has 0 aliphatic heterocycles. The molecule has 0 radical (unpaired) electrons. The molecule has 0 unspecified atom stereocenters. The molecule has 2 rings (SSSR count). The highest BCUT2D eigenvalue weighted by atomic mass is 16.5. The third-order valence-corrected chi connectivity index (χ3v) is 3.36. The van der Waals surface area contributed by atoms with E-state index in [0.717, 1.165) is 22.6 Å². The smallest absolute Gasteiger partial charge is 0.319 e. The molecule has 0 spiro atoms. The summed E-state index contributed by atoms with van der Waals surface area (Å²) >= 11 is 0. The zero-order valence-electron chi connectivity index (χ0n) is 12.5. The molecule has 1 atom stereocenters. The van der Waals surface area contributed by atoms with Crippen LogP contribution in [0.2, 0.25) is 0 Å². The molecule has 2 amide bonds. The molecular formula is C17H20N2O2. The van der Waals surface area contributed by atoms with E-state index in [0.29, 0.717) is 0 Å². The summed E-state index contributed by atoms with van der Waals surface area (Å²) in [6, 6.07) is 15.0. The van der Waals surface area contributed by atoms with Gasteiger partial charge in [0.05, 0.1) is 13.2 Å². The van der Waals surface area contributed by atoms with Crippen LogP contribution in [0.15, 0.2) is 48.5 Å². The van der Waals surface area contributed by atoms with Crippen LogP contribution in [0.25, 0.3) is 0 Å². The van der Waals surface area contributed by atoms with Gasteiger partial charge < -0.3 is 15.4 Å². The second-order valence-corrected chi connectivity index (χ2v) is 4.91. The lowest BCUT2D eigenvalue weighted by Gasteiger charge is -2.16. The normalized spacial score (nSPS) is 11.6. The lowest BCUT2D eigenvalue weighted by Crippen LogP contribution is -2.31. The first-order valence-corrected chi connectivity index (χ1v) is 6.87. The van der Waals surface area contributed by atoms with Gasteiger partial charge in [-0.1, -0.05) is 30.3 Å². The first kappa shape index (κ1) is 14.9. The van der Waals surface area contributed by atoms with Crippen LogP contribution in [0.3, 0.4) is 0 Å². The Morgan fingerprint density at radius 1 is 1.10 bits per heavy atom. The van der Waals surface area contributed by atoms with Crippen LogP contribution in [-0.2, 0) is 0 Å². The fourth-order valence-corrected chi connectivity index (χ4v) is 2.04. The quantitative estimate of drug-likeness (QED) is 0.895. The number of ether oxygens (including phenoxy) is 1. The number of benzene rings is 2. The number of para-hydroxylation sites is 1. The van der Waals surface area contributed by atoms with E-state index in [2.05, 4.69) is 10.6 Å². The number of urea groups is 1. The van der Waals surface area contributed by atoms with E-state index in [9.17, 15) is 4.79 Å². The topological polar surface area (TPSA) is 50.4 Å². The summed E-state index contributed by atoms with van der Waals surface area (Å²) in [5.41, 5.74) is 2.87. The van der Waals surface area contributed by atoms with Crippen molar-refractivity contribution < 1.29 is 9.53 Å². The second kappa shape index (κ2) is 6.79. The number of anilines is 1. The number of carbonyl (C=O) groups excluding carboxylic acids is 1. The summed E-state index contributed by atoms with van der Waals surface area (Å²) in [5.74, 6) is 0.801. The van der Waals surface area contributed by atoms with Gasteiger partial charge in [0.2, 0.25) is 0 Å². The fourth-order valence-electron chi connectivity index (χ4n) is 2.04. The van der Waals surface area contributed by atoms with Crippen molar-refractivity contribution in [2.45, 2.75) is 19.9 Å². The van der Waals surface area contributed by atoms with Crippen molar-refractivity contribution in [2.24, 2.45) is 0 Å². The van der Waals surface area contributed by atoms with Gasteiger partial charge in [-0.2, -0.15) is 0 Å². The third kappa shape index (κ3) is 3.99. The van der Waals surface area contributed by atoms with Crippen LogP contribution < -0.4 is 15.4 Å². The Morgan fingerprint density at radius 2 is 1.76 bits per heavy atom. The summed E-state index contributed by atoms with van der Waals surface area (Å²) in [7, 11) is 1.63. The molecule has 21 heavy (non-hydrogen) atoms. The molecule has 0 aromatic heterocycles. The molecule has 0 fully saturated rings. The maximum Gasteiger partial charge on any atom is 0.319 e. The number of hydrogen-bond acceptors (Lipinski definition) is 2. The van der Waals surface area contributed by atoms with Crippen LogP contribution in [0.1, 0.15) is 24.1 Å². The lowest BCUT2D eigenvalue weighted by molar-refractivity contribution is 0.249. The Kier molecular flexibility index (Phi) is 4.82. The summed E-state index contributed by atoms with van der Waals surface area (Å²) in [5, 5.41) is 5.78. The predicted octanol–water partition coefficient (Wildman–Crippen LogP) is 3.89. The molecule has 2 N–H and O–H groups in total. The van der Waals surface area contributed by atoms with Gasteiger partial charge in [-0.25, -0.2) is 4.79 Å². The van der Waals surface area contributed by atoms with Crippen LogP contribution in [0, 0.1) is 6.92 Å². The van der Waals surface area contributed by atoms with Crippen molar-refractivity contribution in [1.82, 2.24) is 5.32 Å². The average molecular weight is 284 g/mol. The Labute approximate surface area is 125 Å². The Hall–Kier alpha value is -2.49. The molecule has 0 saturated carbocycles. The molecule has 0 bridgehead atoms. The van der Waals surface area contributed by atoms with Crippen LogP contribution >= 0.6 is 0 Å². The molecular weight excluding hydrogens is 264 g/mol. The van der Waals surface area contributed by atoms with E-state index >= 15 is 0 Å². The first-order chi connectivity index (χ1) is 10.1. The van der Waals surface area contributed by atoms with Gasteiger partial charge >= 0.3 is 6.03 Å². The fraction of sp³-hybridized carbons (Fsp3) is 0.235. The van der Waals surface area contributed by atoms with E-state index < -0.39 is 0 Å². The van der Waals surface area contributed by atoms with Crippen molar-refractivity contribution in [2.75, 3.05) is 12.4 Å². The zero-order chi connectivity index (χ0) is 15.2. The number of hydrogen-bond donors (Lipinski definition) is 2. The first-order valence-electron chi connectivity index (χ1n) is 6.87. The molecule has 0 aliphatic carbocycles. The minimum Gasteiger partial charge on any atom is -0.497 e. The summed E-state index contributed by atoms with van der Waals surface area (Å²) in [6.45, 7) is 3.90. The van der Waals surface area contributed by atoms with Crippen LogP contribution in [0.4, 0.5) is 10.5 Å². The number of aryl methyl sites for hydroxylation is 1. The second-order valence-electron chi connectivity index (χ2n) is 4.91. The standard InChI is InChI=1S/C17H20N2O2/c1-12-6-4-5-7-16(12)19-17(20)18-13(2)14-8-10-15(21-3)11-9-14/h4-11,13H,1-3H3,(H2,18,19,20)/t13-/m0/s1. The SMILES string of the molecule is COc1ccc([C@H](C)NC(=O)Nc2ccccc2C)cc1. The number of amides is 2. The van der Waals surface area contributed by atoms with Gasteiger partial charge in [0.25, 0.3) is 0 Å². The molecule has 110 valence electrons. The highest BCUT2D eigenvalue weighted by Gasteiger charge is 2.10. The monoisotopic (exact) mass is 284 g/mol. The zero-order valence-corrected chi connectivity index (χ0v) is 12.5. The Morgan fingerprint density at radius 3 is 2.38 bits per heavy atom. The van der Waals surface area contributed by atoms with E-state index in [1.165, 1.54) is 0 Å². The van der Waals surface area contributed by atoms with Gasteiger partial charge in [-0.05, 0) is 43.2 Å². The van der Waals surface area contributed by atoms with Crippen LogP contribution in [-0.4, -0.2) is 13.1 Å². The molecule has 2 aromatic rings. The van der Waals surface area contributed by atoms with Gasteiger partial charge in [-0.15, -0.1) is 0 Å². The number of carbonyl (C=O) groups is 1. The van der Waals surface area contributed by atoms with Crippen molar-refractivity contribution in [3.63, 3.8) is 0 Å². The molecule has 0 aliphatic rings. The van der Waals surface area contributed by atoms with Crippen molar-refractivity contribution in [3.8, 4) is 5.75 Å². The third-order valence-electron chi connectivity index (χ3n) is 3.36. The van der Waals surface area contributed by atoms with E-state index in [-0.39, 0.29) is 12.1 Å². The molecule has 0 saturated heterocycles. The number of rotatable bonds is 4. The van der Waals surface area contributed by atoms with E-state index in [1.807, 2.05) is 62.4 Å². The van der Waals surface area contributed by atoms with Gasteiger partial charge in [0.15, 0.2) is 0 Å². The Balaban J connectivity index is 1.97. The summed E-state index contributed by atoms with van der Waals surface area (Å²) in [4.78, 5) is 12.0. The molecule has 2 aromatic carbocycles. The van der Waals surface area contributed by atoms with Gasteiger partial charge in [-0.3, -0.25) is 0 Å². The van der Waals surface area contributed by atoms with Gasteiger partial charge in [0.1, 0.15) is 5.75 Å². The van der Waals surface area contributed by atoms with Crippen molar-refractivity contribution in [3.05, 3.63) is 59.7 Å². The molecule has 4 nitrogen and oxygen atoms in total. The molecule has 0 heterocycles. The highest BCUT2D eigenvalue weighted by molar-refractivity contribution is 5.90. The molecule has 4 heteroatoms. The Bertz CT molecular complexity index is 608. The minimum absolute atomic E-state index is 0.0834. The van der Waals surface area contributed by atoms with Gasteiger partial charge in [0, 0.05) is 5.69 Å². The maximum absolute atomic E-state index is 12.0. The summed E-state index contributed by atoms with van der Waals surface area (Å²) in [6.07, 6.45) is 0.